The van der Waals surface area contributed by atoms with Gasteiger partial charge in [0.1, 0.15) is 5.82 Å². The number of hydrogen-bond acceptors (Lipinski definition) is 2. The predicted octanol–water partition coefficient (Wildman–Crippen LogP) is 3.11. The van der Waals surface area contributed by atoms with Crippen LogP contribution in [0.1, 0.15) is 12.5 Å². The maximum absolute atomic E-state index is 13.4. The topological polar surface area (TPSA) is 70.2 Å². The number of nitrogens with one attached hydrogen (secondary N) is 3. The van der Waals surface area contributed by atoms with Gasteiger partial charge in [0.2, 0.25) is 5.91 Å². The second-order valence-electron chi connectivity index (χ2n) is 4.67. The number of rotatable bonds is 4. The molecule has 0 aliphatic carbocycles. The maximum atomic E-state index is 13.4. The van der Waals surface area contributed by atoms with Gasteiger partial charge in [0.05, 0.1) is 5.69 Å². The van der Waals surface area contributed by atoms with Crippen LogP contribution in [0.4, 0.5) is 20.6 Å². The Labute approximate surface area is 127 Å². The highest BCUT2D eigenvalue weighted by Crippen LogP contribution is 2.13. The third kappa shape index (κ3) is 4.59. The molecule has 0 spiro atoms. The molecule has 0 bridgehead atoms. The van der Waals surface area contributed by atoms with Crippen molar-refractivity contribution in [3.8, 4) is 0 Å². The lowest BCUT2D eigenvalue weighted by Gasteiger charge is -2.09. The normalized spacial score (nSPS) is 9.91. The van der Waals surface area contributed by atoms with Crippen molar-refractivity contribution in [2.75, 3.05) is 10.6 Å². The van der Waals surface area contributed by atoms with Gasteiger partial charge in [-0.05, 0) is 29.8 Å². The van der Waals surface area contributed by atoms with E-state index in [1.807, 2.05) is 6.07 Å². The van der Waals surface area contributed by atoms with Crippen molar-refractivity contribution in [2.45, 2.75) is 13.5 Å². The van der Waals surface area contributed by atoms with Crippen LogP contribution in [0.2, 0.25) is 0 Å². The average molecular weight is 301 g/mol. The van der Waals surface area contributed by atoms with E-state index >= 15 is 0 Å². The molecule has 2 aromatic carbocycles. The first-order valence-electron chi connectivity index (χ1n) is 6.70. The number of carbonyl (C=O) groups is 2. The highest BCUT2D eigenvalue weighted by molar-refractivity contribution is 5.89. The lowest BCUT2D eigenvalue weighted by Crippen LogP contribution is -2.28. The van der Waals surface area contributed by atoms with Gasteiger partial charge in [-0.15, -0.1) is 0 Å². The van der Waals surface area contributed by atoms with Crippen LogP contribution in [-0.2, 0) is 11.3 Å². The number of halogens is 1. The molecular formula is C16H16FN3O2. The molecule has 0 atom stereocenters. The predicted molar refractivity (Wildman–Crippen MR) is 83.0 cm³/mol. The molecule has 2 rings (SSSR count). The van der Waals surface area contributed by atoms with E-state index in [9.17, 15) is 14.0 Å². The molecule has 6 heteroatoms. The van der Waals surface area contributed by atoms with Crippen LogP contribution in [0.25, 0.3) is 0 Å². The Morgan fingerprint density at radius 2 is 1.82 bits per heavy atom. The van der Waals surface area contributed by atoms with E-state index in [0.717, 1.165) is 5.56 Å². The number of urea groups is 1. The summed E-state index contributed by atoms with van der Waals surface area (Å²) < 4.78 is 13.4. The molecule has 114 valence electrons. The fourth-order valence-corrected chi connectivity index (χ4v) is 1.87. The molecule has 0 saturated heterocycles. The number of carbonyl (C=O) groups excluding carboxylic acids is 2. The highest BCUT2D eigenvalue weighted by atomic mass is 19.1. The van der Waals surface area contributed by atoms with Gasteiger partial charge in [-0.1, -0.05) is 24.3 Å². The van der Waals surface area contributed by atoms with E-state index in [1.165, 1.54) is 19.1 Å². The summed E-state index contributed by atoms with van der Waals surface area (Å²) in [5.41, 5.74) is 1.59. The first-order valence-corrected chi connectivity index (χ1v) is 6.70. The van der Waals surface area contributed by atoms with Crippen molar-refractivity contribution in [2.24, 2.45) is 0 Å². The van der Waals surface area contributed by atoms with Crippen LogP contribution in [0, 0.1) is 5.82 Å². The van der Waals surface area contributed by atoms with Gasteiger partial charge in [0.15, 0.2) is 0 Å². The van der Waals surface area contributed by atoms with E-state index in [-0.39, 0.29) is 18.1 Å². The summed E-state index contributed by atoms with van der Waals surface area (Å²) >= 11 is 0. The third-order valence-electron chi connectivity index (χ3n) is 2.82. The Kier molecular flexibility index (Phi) is 5.08. The minimum absolute atomic E-state index is 0.118. The van der Waals surface area contributed by atoms with E-state index < -0.39 is 11.8 Å². The Morgan fingerprint density at radius 1 is 1.05 bits per heavy atom. The summed E-state index contributed by atoms with van der Waals surface area (Å²) in [6.45, 7) is 1.68. The molecule has 3 N–H and O–H groups in total. The summed E-state index contributed by atoms with van der Waals surface area (Å²) in [5.74, 6) is -0.660. The Morgan fingerprint density at radius 3 is 2.55 bits per heavy atom. The minimum Gasteiger partial charge on any atom is -0.334 e. The SMILES string of the molecule is CC(=O)Nc1cccc(CNC(=O)Nc2ccccc2F)c1. The molecule has 0 heterocycles. The monoisotopic (exact) mass is 301 g/mol. The average Bonchev–Trinajstić information content (AvgIpc) is 2.47. The lowest BCUT2D eigenvalue weighted by atomic mass is 10.2. The molecule has 3 amide bonds. The second-order valence-corrected chi connectivity index (χ2v) is 4.67. The molecule has 0 aliphatic rings. The molecule has 5 nitrogen and oxygen atoms in total. The van der Waals surface area contributed by atoms with Gasteiger partial charge < -0.3 is 16.0 Å². The lowest BCUT2D eigenvalue weighted by molar-refractivity contribution is -0.114. The highest BCUT2D eigenvalue weighted by Gasteiger charge is 2.06. The second kappa shape index (κ2) is 7.21. The van der Waals surface area contributed by atoms with Crippen LogP contribution in [-0.4, -0.2) is 11.9 Å². The summed E-state index contributed by atoms with van der Waals surface area (Å²) in [6.07, 6.45) is 0. The fraction of sp³-hybridized carbons (Fsp3) is 0.125. The molecule has 0 unspecified atom stereocenters. The maximum Gasteiger partial charge on any atom is 0.319 e. The molecule has 0 aliphatic heterocycles. The van der Waals surface area contributed by atoms with Crippen molar-refractivity contribution in [1.29, 1.82) is 0 Å². The van der Waals surface area contributed by atoms with Gasteiger partial charge in [-0.3, -0.25) is 4.79 Å². The Balaban J connectivity index is 1.91. The smallest absolute Gasteiger partial charge is 0.319 e. The van der Waals surface area contributed by atoms with Crippen LogP contribution < -0.4 is 16.0 Å². The van der Waals surface area contributed by atoms with Crippen molar-refractivity contribution < 1.29 is 14.0 Å². The molecule has 22 heavy (non-hydrogen) atoms. The van der Waals surface area contributed by atoms with Crippen molar-refractivity contribution in [3.05, 3.63) is 59.9 Å². The number of para-hydroxylation sites is 1. The van der Waals surface area contributed by atoms with Gasteiger partial charge in [-0.2, -0.15) is 0 Å². The summed E-state index contributed by atoms with van der Waals surface area (Å²) in [6, 6.07) is 12.5. The van der Waals surface area contributed by atoms with Gasteiger partial charge in [0.25, 0.3) is 0 Å². The Hall–Kier alpha value is -2.89. The van der Waals surface area contributed by atoms with E-state index in [4.69, 9.17) is 0 Å². The molecule has 0 saturated carbocycles. The van der Waals surface area contributed by atoms with Crippen molar-refractivity contribution >= 4 is 23.3 Å². The zero-order valence-electron chi connectivity index (χ0n) is 12.0. The largest absolute Gasteiger partial charge is 0.334 e. The van der Waals surface area contributed by atoms with Gasteiger partial charge in [-0.25, -0.2) is 9.18 Å². The standard InChI is InChI=1S/C16H16FN3O2/c1-11(21)19-13-6-4-5-12(9-13)10-18-16(22)20-15-8-3-2-7-14(15)17/h2-9H,10H2,1H3,(H,19,21)(H2,18,20,22). The van der Waals surface area contributed by atoms with Crippen LogP contribution in [0.3, 0.4) is 0 Å². The molecule has 0 aromatic heterocycles. The van der Waals surface area contributed by atoms with Gasteiger partial charge >= 0.3 is 6.03 Å². The molecule has 0 fully saturated rings. The van der Waals surface area contributed by atoms with Crippen LogP contribution >= 0.6 is 0 Å². The molecular weight excluding hydrogens is 285 g/mol. The number of anilines is 2. The third-order valence-corrected chi connectivity index (χ3v) is 2.82. The minimum atomic E-state index is -0.505. The quantitative estimate of drug-likeness (QED) is 0.812. The van der Waals surface area contributed by atoms with Crippen molar-refractivity contribution in [1.82, 2.24) is 5.32 Å². The fourth-order valence-electron chi connectivity index (χ4n) is 1.87. The van der Waals surface area contributed by atoms with Crippen LogP contribution in [0.5, 0.6) is 0 Å². The van der Waals surface area contributed by atoms with E-state index in [2.05, 4.69) is 16.0 Å². The van der Waals surface area contributed by atoms with E-state index in [1.54, 1.807) is 30.3 Å². The van der Waals surface area contributed by atoms with Crippen LogP contribution in [0.15, 0.2) is 48.5 Å². The zero-order valence-corrected chi connectivity index (χ0v) is 12.0. The molecule has 0 radical (unpaired) electrons. The summed E-state index contributed by atoms with van der Waals surface area (Å²) in [5, 5.41) is 7.72. The first kappa shape index (κ1) is 15.5. The van der Waals surface area contributed by atoms with Crippen molar-refractivity contribution in [3.63, 3.8) is 0 Å². The number of hydrogen-bond donors (Lipinski definition) is 3. The summed E-state index contributed by atoms with van der Waals surface area (Å²) in [4.78, 5) is 22.7. The number of amides is 3. The molecule has 2 aromatic rings. The summed E-state index contributed by atoms with van der Waals surface area (Å²) in [7, 11) is 0. The Bertz CT molecular complexity index is 689. The zero-order chi connectivity index (χ0) is 15.9. The van der Waals surface area contributed by atoms with E-state index in [0.29, 0.717) is 5.69 Å². The first-order chi connectivity index (χ1) is 10.5. The van der Waals surface area contributed by atoms with Gasteiger partial charge in [0, 0.05) is 19.2 Å². The number of benzene rings is 2.